The van der Waals surface area contributed by atoms with Gasteiger partial charge in [0.2, 0.25) is 0 Å². The predicted octanol–water partition coefficient (Wildman–Crippen LogP) is 3.20. The van der Waals surface area contributed by atoms with Gasteiger partial charge in [-0.2, -0.15) is 0 Å². The molecule has 0 bridgehead atoms. The number of amides is 1. The molecule has 2 aromatic carbocycles. The molecule has 0 aliphatic rings. The molecule has 2 aromatic rings. The molecular formula is C19H23NO4. The molecule has 0 atom stereocenters. The minimum Gasteiger partial charge on any atom is -0.496 e. The molecular weight excluding hydrogens is 306 g/mol. The van der Waals surface area contributed by atoms with Gasteiger partial charge in [0.25, 0.3) is 5.91 Å². The van der Waals surface area contributed by atoms with E-state index >= 15 is 0 Å². The summed E-state index contributed by atoms with van der Waals surface area (Å²) in [6, 6.07) is 11.0. The predicted molar refractivity (Wildman–Crippen MR) is 93.1 cm³/mol. The smallest absolute Gasteiger partial charge is 0.251 e. The lowest BCUT2D eigenvalue weighted by Crippen LogP contribution is -2.22. The average molecular weight is 329 g/mol. The fourth-order valence-electron chi connectivity index (χ4n) is 2.48. The van der Waals surface area contributed by atoms with Crippen molar-refractivity contribution in [2.75, 3.05) is 21.3 Å². The van der Waals surface area contributed by atoms with Crippen molar-refractivity contribution >= 4 is 5.91 Å². The van der Waals surface area contributed by atoms with E-state index in [4.69, 9.17) is 14.2 Å². The molecule has 1 amide bonds. The molecule has 128 valence electrons. The Morgan fingerprint density at radius 2 is 1.58 bits per heavy atom. The van der Waals surface area contributed by atoms with Crippen LogP contribution in [0.1, 0.15) is 28.4 Å². The highest BCUT2D eigenvalue weighted by molar-refractivity contribution is 5.94. The summed E-state index contributed by atoms with van der Waals surface area (Å²) in [7, 11) is 4.77. The fraction of sp³-hybridized carbons (Fsp3) is 0.316. The lowest BCUT2D eigenvalue weighted by atomic mass is 10.1. The number of hydrogen-bond donors (Lipinski definition) is 1. The summed E-state index contributed by atoms with van der Waals surface area (Å²) in [5, 5.41) is 2.92. The highest BCUT2D eigenvalue weighted by Crippen LogP contribution is 2.27. The number of ether oxygens (including phenoxy) is 3. The maximum absolute atomic E-state index is 12.3. The zero-order valence-corrected chi connectivity index (χ0v) is 14.5. The first-order valence-electron chi connectivity index (χ1n) is 7.79. The van der Waals surface area contributed by atoms with Gasteiger partial charge in [-0.15, -0.1) is 0 Å². The van der Waals surface area contributed by atoms with Gasteiger partial charge in [0, 0.05) is 12.1 Å². The van der Waals surface area contributed by atoms with E-state index in [9.17, 15) is 4.79 Å². The minimum absolute atomic E-state index is 0.162. The lowest BCUT2D eigenvalue weighted by Gasteiger charge is -2.11. The maximum atomic E-state index is 12.3. The second kappa shape index (κ2) is 8.24. The summed E-state index contributed by atoms with van der Waals surface area (Å²) in [5.74, 6) is 1.83. The highest BCUT2D eigenvalue weighted by Gasteiger charge is 2.11. The van der Waals surface area contributed by atoms with Gasteiger partial charge in [0.15, 0.2) is 11.5 Å². The van der Waals surface area contributed by atoms with E-state index in [2.05, 4.69) is 12.2 Å². The summed E-state index contributed by atoms with van der Waals surface area (Å²) in [6.07, 6.45) is 0.876. The Morgan fingerprint density at radius 1 is 0.917 bits per heavy atom. The first kappa shape index (κ1) is 17.7. The van der Waals surface area contributed by atoms with Gasteiger partial charge in [-0.1, -0.05) is 19.1 Å². The van der Waals surface area contributed by atoms with Gasteiger partial charge in [-0.25, -0.2) is 0 Å². The van der Waals surface area contributed by atoms with E-state index in [1.807, 2.05) is 18.2 Å². The average Bonchev–Trinajstić information content (AvgIpc) is 2.64. The van der Waals surface area contributed by atoms with Crippen LogP contribution in [0.4, 0.5) is 0 Å². The number of methoxy groups -OCH3 is 3. The van der Waals surface area contributed by atoms with Gasteiger partial charge in [0.05, 0.1) is 21.3 Å². The van der Waals surface area contributed by atoms with E-state index in [0.717, 1.165) is 23.3 Å². The van der Waals surface area contributed by atoms with Crippen molar-refractivity contribution in [1.29, 1.82) is 0 Å². The van der Waals surface area contributed by atoms with E-state index in [0.29, 0.717) is 23.6 Å². The number of nitrogens with one attached hydrogen (secondary N) is 1. The Kier molecular flexibility index (Phi) is 6.07. The molecule has 5 nitrogen and oxygen atoms in total. The Hall–Kier alpha value is -2.69. The van der Waals surface area contributed by atoms with Crippen LogP contribution >= 0.6 is 0 Å². The molecule has 0 saturated heterocycles. The topological polar surface area (TPSA) is 56.8 Å². The van der Waals surface area contributed by atoms with Crippen molar-refractivity contribution in [3.63, 3.8) is 0 Å². The van der Waals surface area contributed by atoms with Crippen LogP contribution < -0.4 is 19.5 Å². The third kappa shape index (κ3) is 3.98. The monoisotopic (exact) mass is 329 g/mol. The molecule has 0 saturated carbocycles. The first-order valence-corrected chi connectivity index (χ1v) is 7.79. The zero-order chi connectivity index (χ0) is 17.5. The lowest BCUT2D eigenvalue weighted by molar-refractivity contribution is 0.0950. The molecule has 0 spiro atoms. The van der Waals surface area contributed by atoms with Gasteiger partial charge < -0.3 is 19.5 Å². The molecule has 0 radical (unpaired) electrons. The highest BCUT2D eigenvalue weighted by atomic mass is 16.5. The van der Waals surface area contributed by atoms with E-state index < -0.39 is 0 Å². The molecule has 0 unspecified atom stereocenters. The molecule has 2 rings (SSSR count). The van der Waals surface area contributed by atoms with Gasteiger partial charge in [0.1, 0.15) is 5.75 Å². The number of aryl methyl sites for hydroxylation is 1. The molecule has 0 fully saturated rings. The Bertz CT molecular complexity index is 713. The minimum atomic E-state index is -0.162. The molecule has 0 aromatic heterocycles. The zero-order valence-electron chi connectivity index (χ0n) is 14.5. The first-order chi connectivity index (χ1) is 11.6. The second-order valence-electron chi connectivity index (χ2n) is 5.25. The number of rotatable bonds is 7. The van der Waals surface area contributed by atoms with Crippen LogP contribution in [-0.4, -0.2) is 27.2 Å². The summed E-state index contributed by atoms with van der Waals surface area (Å²) in [6.45, 7) is 2.52. The second-order valence-corrected chi connectivity index (χ2v) is 5.25. The Balaban J connectivity index is 2.08. The van der Waals surface area contributed by atoms with Crippen molar-refractivity contribution < 1.29 is 19.0 Å². The number of carbonyl (C=O) groups excluding carboxylic acids is 1. The molecule has 24 heavy (non-hydrogen) atoms. The van der Waals surface area contributed by atoms with Crippen molar-refractivity contribution in [3.8, 4) is 17.2 Å². The molecule has 1 N–H and O–H groups in total. The van der Waals surface area contributed by atoms with E-state index in [1.54, 1.807) is 39.5 Å². The van der Waals surface area contributed by atoms with E-state index in [-0.39, 0.29) is 5.91 Å². The molecule has 0 aliphatic carbocycles. The third-order valence-electron chi connectivity index (χ3n) is 3.82. The summed E-state index contributed by atoms with van der Waals surface area (Å²) >= 11 is 0. The van der Waals surface area contributed by atoms with Gasteiger partial charge >= 0.3 is 0 Å². The quantitative estimate of drug-likeness (QED) is 0.847. The van der Waals surface area contributed by atoms with Crippen LogP contribution in [0, 0.1) is 0 Å². The number of benzene rings is 2. The van der Waals surface area contributed by atoms with Crippen LogP contribution in [0.25, 0.3) is 0 Å². The third-order valence-corrected chi connectivity index (χ3v) is 3.82. The van der Waals surface area contributed by atoms with Crippen molar-refractivity contribution in [3.05, 3.63) is 53.1 Å². The molecule has 5 heteroatoms. The number of carbonyl (C=O) groups is 1. The summed E-state index contributed by atoms with van der Waals surface area (Å²) in [5.41, 5.74) is 2.67. The molecule has 0 aliphatic heterocycles. The van der Waals surface area contributed by atoms with Gasteiger partial charge in [-0.3, -0.25) is 4.79 Å². The normalized spacial score (nSPS) is 10.2. The standard InChI is InChI=1S/C19H23NO4/c1-5-14-10-13(6-8-16(14)22-2)12-20-19(21)15-7-9-17(23-3)18(11-15)24-4/h6-11H,5,12H2,1-4H3,(H,20,21). The number of hydrogen-bond acceptors (Lipinski definition) is 4. The maximum Gasteiger partial charge on any atom is 0.251 e. The van der Waals surface area contributed by atoms with Crippen molar-refractivity contribution in [1.82, 2.24) is 5.32 Å². The Labute approximate surface area is 142 Å². The summed E-state index contributed by atoms with van der Waals surface area (Å²) in [4.78, 5) is 12.3. The fourth-order valence-corrected chi connectivity index (χ4v) is 2.48. The SMILES string of the molecule is CCc1cc(CNC(=O)c2ccc(OC)c(OC)c2)ccc1OC. The van der Waals surface area contributed by atoms with E-state index in [1.165, 1.54) is 0 Å². The largest absolute Gasteiger partial charge is 0.496 e. The summed E-state index contributed by atoms with van der Waals surface area (Å²) < 4.78 is 15.7. The molecule has 0 heterocycles. The van der Waals surface area contributed by atoms with Crippen molar-refractivity contribution in [2.24, 2.45) is 0 Å². The van der Waals surface area contributed by atoms with Gasteiger partial charge in [-0.05, 0) is 41.8 Å². The van der Waals surface area contributed by atoms with Crippen LogP contribution in [0.2, 0.25) is 0 Å². The van der Waals surface area contributed by atoms with Crippen LogP contribution in [0.3, 0.4) is 0 Å². The van der Waals surface area contributed by atoms with Crippen LogP contribution in [-0.2, 0) is 13.0 Å². The Morgan fingerprint density at radius 3 is 2.21 bits per heavy atom. The van der Waals surface area contributed by atoms with Crippen molar-refractivity contribution in [2.45, 2.75) is 19.9 Å². The van der Waals surface area contributed by atoms with Crippen LogP contribution in [0.15, 0.2) is 36.4 Å². The van der Waals surface area contributed by atoms with Crippen LogP contribution in [0.5, 0.6) is 17.2 Å².